The maximum absolute atomic E-state index is 5.69. The summed E-state index contributed by atoms with van der Waals surface area (Å²) in [5, 5.41) is 3.37. The molecule has 1 heterocycles. The molecule has 1 saturated heterocycles. The zero-order valence-corrected chi connectivity index (χ0v) is 9.75. The highest BCUT2D eigenvalue weighted by molar-refractivity contribution is 4.72. The number of nitrogens with one attached hydrogen (secondary N) is 1. The van der Waals surface area contributed by atoms with Crippen LogP contribution in [-0.2, 0) is 4.74 Å². The maximum Gasteiger partial charge on any atom is 0.0826 e. The van der Waals surface area contributed by atoms with Crippen LogP contribution < -0.4 is 5.32 Å². The van der Waals surface area contributed by atoms with E-state index in [1.165, 1.54) is 6.54 Å². The van der Waals surface area contributed by atoms with Gasteiger partial charge < -0.3 is 15.0 Å². The molecule has 1 N–H and O–H groups in total. The summed E-state index contributed by atoms with van der Waals surface area (Å²) < 4.78 is 5.69. The SMILES string of the molecule is CCN(CC(C)C)CC1CNCCO1. The summed E-state index contributed by atoms with van der Waals surface area (Å²) in [5.74, 6) is 0.742. The molecule has 0 aromatic carbocycles. The van der Waals surface area contributed by atoms with Gasteiger partial charge in [-0.3, -0.25) is 0 Å². The zero-order chi connectivity index (χ0) is 10.4. The summed E-state index contributed by atoms with van der Waals surface area (Å²) in [4.78, 5) is 2.47. The molecule has 1 aliphatic rings. The molecule has 1 unspecified atom stereocenters. The van der Waals surface area contributed by atoms with Crippen molar-refractivity contribution < 1.29 is 4.74 Å². The van der Waals surface area contributed by atoms with Gasteiger partial charge in [0, 0.05) is 26.2 Å². The van der Waals surface area contributed by atoms with Gasteiger partial charge in [0.15, 0.2) is 0 Å². The van der Waals surface area contributed by atoms with Crippen LogP contribution in [-0.4, -0.2) is 50.3 Å². The fourth-order valence-corrected chi connectivity index (χ4v) is 1.87. The van der Waals surface area contributed by atoms with E-state index in [1.54, 1.807) is 0 Å². The molecule has 0 aliphatic carbocycles. The van der Waals surface area contributed by atoms with Crippen LogP contribution in [0.1, 0.15) is 20.8 Å². The number of likely N-dealkylation sites (N-methyl/N-ethyl adjacent to an activating group) is 1. The Labute approximate surface area is 87.8 Å². The van der Waals surface area contributed by atoms with Crippen molar-refractivity contribution in [2.24, 2.45) is 5.92 Å². The van der Waals surface area contributed by atoms with E-state index in [4.69, 9.17) is 4.74 Å². The van der Waals surface area contributed by atoms with Crippen LogP contribution in [0.5, 0.6) is 0 Å². The Kier molecular flexibility index (Phi) is 5.45. The number of rotatable bonds is 5. The van der Waals surface area contributed by atoms with Gasteiger partial charge in [-0.2, -0.15) is 0 Å². The van der Waals surface area contributed by atoms with E-state index in [0.29, 0.717) is 6.10 Å². The van der Waals surface area contributed by atoms with Gasteiger partial charge in [0.2, 0.25) is 0 Å². The number of ether oxygens (including phenoxy) is 1. The van der Waals surface area contributed by atoms with Gasteiger partial charge >= 0.3 is 0 Å². The second-order valence-corrected chi connectivity index (χ2v) is 4.44. The average molecular weight is 200 g/mol. The van der Waals surface area contributed by atoms with Crippen molar-refractivity contribution in [3.63, 3.8) is 0 Å². The Morgan fingerprint density at radius 1 is 1.50 bits per heavy atom. The van der Waals surface area contributed by atoms with Crippen molar-refractivity contribution in [1.82, 2.24) is 10.2 Å². The summed E-state index contributed by atoms with van der Waals surface area (Å²) in [6.07, 6.45) is 0.391. The van der Waals surface area contributed by atoms with Crippen LogP contribution in [0.15, 0.2) is 0 Å². The lowest BCUT2D eigenvalue weighted by Crippen LogP contribution is -2.46. The fourth-order valence-electron chi connectivity index (χ4n) is 1.87. The third-order valence-electron chi connectivity index (χ3n) is 2.54. The molecule has 1 aliphatic heterocycles. The van der Waals surface area contributed by atoms with Crippen LogP contribution >= 0.6 is 0 Å². The van der Waals surface area contributed by atoms with Crippen molar-refractivity contribution in [3.8, 4) is 0 Å². The molecule has 1 fully saturated rings. The largest absolute Gasteiger partial charge is 0.374 e. The Hall–Kier alpha value is -0.120. The normalized spacial score (nSPS) is 23.4. The van der Waals surface area contributed by atoms with E-state index in [1.807, 2.05) is 0 Å². The van der Waals surface area contributed by atoms with Gasteiger partial charge in [0.05, 0.1) is 12.7 Å². The van der Waals surface area contributed by atoms with Crippen molar-refractivity contribution >= 4 is 0 Å². The van der Waals surface area contributed by atoms with Crippen LogP contribution in [0.25, 0.3) is 0 Å². The lowest BCUT2D eigenvalue weighted by atomic mass is 10.2. The number of nitrogens with zero attached hydrogens (tertiary/aromatic N) is 1. The third kappa shape index (κ3) is 4.40. The average Bonchev–Trinajstić information content (AvgIpc) is 2.17. The third-order valence-corrected chi connectivity index (χ3v) is 2.54. The molecule has 3 nitrogen and oxygen atoms in total. The Balaban J connectivity index is 2.23. The van der Waals surface area contributed by atoms with E-state index in [9.17, 15) is 0 Å². The predicted molar refractivity (Wildman–Crippen MR) is 59.6 cm³/mol. The highest BCUT2D eigenvalue weighted by Gasteiger charge is 2.16. The van der Waals surface area contributed by atoms with E-state index in [0.717, 1.165) is 38.7 Å². The summed E-state index contributed by atoms with van der Waals surface area (Å²) in [6, 6.07) is 0. The molecule has 0 saturated carbocycles. The predicted octanol–water partition coefficient (Wildman–Crippen LogP) is 0.953. The van der Waals surface area contributed by atoms with Crippen LogP contribution in [0.2, 0.25) is 0 Å². The van der Waals surface area contributed by atoms with E-state index in [2.05, 4.69) is 31.0 Å². The second kappa shape index (κ2) is 6.38. The second-order valence-electron chi connectivity index (χ2n) is 4.44. The van der Waals surface area contributed by atoms with E-state index >= 15 is 0 Å². The molecule has 0 radical (unpaired) electrons. The van der Waals surface area contributed by atoms with Gasteiger partial charge in [-0.25, -0.2) is 0 Å². The topological polar surface area (TPSA) is 24.5 Å². The quantitative estimate of drug-likeness (QED) is 0.715. The molecule has 14 heavy (non-hydrogen) atoms. The fraction of sp³-hybridized carbons (Fsp3) is 1.00. The smallest absolute Gasteiger partial charge is 0.0826 e. The monoisotopic (exact) mass is 200 g/mol. The summed E-state index contributed by atoms with van der Waals surface area (Å²) in [5.41, 5.74) is 0. The molecule has 0 aromatic rings. The van der Waals surface area contributed by atoms with Gasteiger partial charge in [-0.05, 0) is 12.5 Å². The Bertz CT molecular complexity index is 144. The molecule has 0 amide bonds. The lowest BCUT2D eigenvalue weighted by molar-refractivity contribution is 0.00460. The molecular formula is C11H24N2O. The van der Waals surface area contributed by atoms with Gasteiger partial charge in [0.25, 0.3) is 0 Å². The minimum Gasteiger partial charge on any atom is -0.374 e. The first kappa shape index (κ1) is 12.0. The van der Waals surface area contributed by atoms with Crippen molar-refractivity contribution in [2.75, 3.05) is 39.3 Å². The van der Waals surface area contributed by atoms with E-state index < -0.39 is 0 Å². The Morgan fingerprint density at radius 3 is 2.79 bits per heavy atom. The first-order valence-corrected chi connectivity index (χ1v) is 5.77. The summed E-state index contributed by atoms with van der Waals surface area (Å²) >= 11 is 0. The first-order valence-electron chi connectivity index (χ1n) is 5.77. The first-order chi connectivity index (χ1) is 6.72. The van der Waals surface area contributed by atoms with E-state index in [-0.39, 0.29) is 0 Å². The molecule has 1 atom stereocenters. The van der Waals surface area contributed by atoms with Crippen molar-refractivity contribution in [1.29, 1.82) is 0 Å². The minimum atomic E-state index is 0.391. The molecule has 0 aromatic heterocycles. The molecular weight excluding hydrogens is 176 g/mol. The van der Waals surface area contributed by atoms with Crippen molar-refractivity contribution in [2.45, 2.75) is 26.9 Å². The van der Waals surface area contributed by atoms with Gasteiger partial charge in [-0.1, -0.05) is 20.8 Å². The zero-order valence-electron chi connectivity index (χ0n) is 9.75. The van der Waals surface area contributed by atoms with Gasteiger partial charge in [0.1, 0.15) is 0 Å². The number of morpholine rings is 1. The van der Waals surface area contributed by atoms with Gasteiger partial charge in [-0.15, -0.1) is 0 Å². The molecule has 0 bridgehead atoms. The minimum absolute atomic E-state index is 0.391. The molecule has 1 rings (SSSR count). The summed E-state index contributed by atoms with van der Waals surface area (Å²) in [6.45, 7) is 13.0. The standard InChI is InChI=1S/C11H24N2O/c1-4-13(8-10(2)3)9-11-7-12-5-6-14-11/h10-12H,4-9H2,1-3H3. The van der Waals surface area contributed by atoms with Crippen LogP contribution in [0.3, 0.4) is 0 Å². The molecule has 0 spiro atoms. The molecule has 3 heteroatoms. The number of hydrogen-bond acceptors (Lipinski definition) is 3. The van der Waals surface area contributed by atoms with Crippen LogP contribution in [0.4, 0.5) is 0 Å². The summed E-state index contributed by atoms with van der Waals surface area (Å²) in [7, 11) is 0. The lowest BCUT2D eigenvalue weighted by Gasteiger charge is -2.30. The highest BCUT2D eigenvalue weighted by Crippen LogP contribution is 2.03. The van der Waals surface area contributed by atoms with Crippen molar-refractivity contribution in [3.05, 3.63) is 0 Å². The molecule has 84 valence electrons. The highest BCUT2D eigenvalue weighted by atomic mass is 16.5. The number of hydrogen-bond donors (Lipinski definition) is 1. The Morgan fingerprint density at radius 2 is 2.29 bits per heavy atom. The maximum atomic E-state index is 5.69. The van der Waals surface area contributed by atoms with Crippen LogP contribution in [0, 0.1) is 5.92 Å².